The Morgan fingerprint density at radius 2 is 1.73 bits per heavy atom. The van der Waals surface area contributed by atoms with E-state index in [1.807, 2.05) is 57.2 Å². The van der Waals surface area contributed by atoms with E-state index in [2.05, 4.69) is 5.32 Å². The number of ether oxygens (including phenoxy) is 1. The number of benzene rings is 2. The molecule has 0 unspecified atom stereocenters. The smallest absolute Gasteiger partial charge is 0.243 e. The molecule has 0 aliphatic heterocycles. The fourth-order valence-corrected chi connectivity index (χ4v) is 2.95. The highest BCUT2D eigenvalue weighted by Crippen LogP contribution is 2.21. The van der Waals surface area contributed by atoms with E-state index in [0.29, 0.717) is 5.75 Å². The Morgan fingerprint density at radius 3 is 2.35 bits per heavy atom. The van der Waals surface area contributed by atoms with Gasteiger partial charge in [0.2, 0.25) is 11.8 Å². The van der Waals surface area contributed by atoms with Gasteiger partial charge in [-0.15, -0.1) is 0 Å². The van der Waals surface area contributed by atoms with Gasteiger partial charge < -0.3 is 15.0 Å². The van der Waals surface area contributed by atoms with Crippen molar-refractivity contribution >= 4 is 17.5 Å². The van der Waals surface area contributed by atoms with E-state index in [9.17, 15) is 9.59 Å². The molecular formula is C21H26N2O3. The number of aryl methyl sites for hydroxylation is 3. The molecule has 26 heavy (non-hydrogen) atoms. The molecule has 0 atom stereocenters. The molecule has 0 bridgehead atoms. The van der Waals surface area contributed by atoms with Crippen LogP contribution in [-0.4, -0.2) is 37.4 Å². The van der Waals surface area contributed by atoms with E-state index in [1.54, 1.807) is 14.2 Å². The van der Waals surface area contributed by atoms with Crippen LogP contribution in [0.4, 0.5) is 5.69 Å². The molecule has 5 nitrogen and oxygen atoms in total. The molecule has 0 spiro atoms. The Bertz CT molecular complexity index is 792. The Balaban J connectivity index is 1.97. The molecule has 0 saturated heterocycles. The second-order valence-corrected chi connectivity index (χ2v) is 6.60. The first-order chi connectivity index (χ1) is 12.3. The summed E-state index contributed by atoms with van der Waals surface area (Å²) in [5.41, 5.74) is 4.85. The van der Waals surface area contributed by atoms with Crippen LogP contribution in [0.2, 0.25) is 0 Å². The first-order valence-corrected chi connectivity index (χ1v) is 8.54. The third-order valence-electron chi connectivity index (χ3n) is 4.24. The number of nitrogens with zero attached hydrogens (tertiary/aromatic N) is 1. The zero-order chi connectivity index (χ0) is 19.3. The van der Waals surface area contributed by atoms with E-state index in [0.717, 1.165) is 27.9 Å². The van der Waals surface area contributed by atoms with Crippen LogP contribution in [0.1, 0.15) is 22.3 Å². The van der Waals surface area contributed by atoms with Crippen LogP contribution in [0.3, 0.4) is 0 Å². The molecule has 0 fully saturated rings. The fraction of sp³-hybridized carbons (Fsp3) is 0.333. The fourth-order valence-electron chi connectivity index (χ4n) is 2.95. The predicted octanol–water partition coefficient (Wildman–Crippen LogP) is 3.26. The maximum absolute atomic E-state index is 12.4. The number of amides is 2. The Kier molecular flexibility index (Phi) is 6.39. The van der Waals surface area contributed by atoms with Crippen molar-refractivity contribution in [2.24, 2.45) is 0 Å². The molecule has 5 heteroatoms. The number of anilines is 1. The van der Waals surface area contributed by atoms with Crippen LogP contribution in [0, 0.1) is 20.8 Å². The van der Waals surface area contributed by atoms with E-state index in [4.69, 9.17) is 4.74 Å². The Morgan fingerprint density at radius 1 is 1.08 bits per heavy atom. The van der Waals surface area contributed by atoms with Crippen molar-refractivity contribution in [2.75, 3.05) is 26.0 Å². The third kappa shape index (κ3) is 5.09. The summed E-state index contributed by atoms with van der Waals surface area (Å²) in [5, 5.41) is 2.92. The molecule has 0 saturated carbocycles. The largest absolute Gasteiger partial charge is 0.497 e. The zero-order valence-corrected chi connectivity index (χ0v) is 16.1. The van der Waals surface area contributed by atoms with Crippen LogP contribution < -0.4 is 10.1 Å². The molecule has 0 aliphatic carbocycles. The highest BCUT2D eigenvalue weighted by atomic mass is 16.5. The average molecular weight is 354 g/mol. The second kappa shape index (κ2) is 8.52. The summed E-state index contributed by atoms with van der Waals surface area (Å²) in [7, 11) is 3.23. The lowest BCUT2D eigenvalue weighted by Crippen LogP contribution is -2.36. The molecule has 0 aliphatic rings. The second-order valence-electron chi connectivity index (χ2n) is 6.60. The number of rotatable bonds is 6. The van der Waals surface area contributed by atoms with Crippen molar-refractivity contribution in [1.82, 2.24) is 4.90 Å². The monoisotopic (exact) mass is 354 g/mol. The summed E-state index contributed by atoms with van der Waals surface area (Å²) in [5.74, 6) is 0.383. The van der Waals surface area contributed by atoms with Gasteiger partial charge in [0.05, 0.1) is 20.1 Å². The van der Waals surface area contributed by atoms with Gasteiger partial charge in [-0.25, -0.2) is 0 Å². The molecule has 0 aromatic heterocycles. The topological polar surface area (TPSA) is 58.6 Å². The number of hydrogen-bond acceptors (Lipinski definition) is 3. The average Bonchev–Trinajstić information content (AvgIpc) is 2.58. The number of methoxy groups -OCH3 is 1. The standard InChI is InChI=1S/C21H26N2O3/c1-14-9-15(2)21(16(3)10-14)22-19(24)13-23(4)20(25)12-17-7-6-8-18(11-17)26-5/h6-11H,12-13H2,1-5H3,(H,22,24). The number of carbonyl (C=O) groups excluding carboxylic acids is 2. The molecule has 2 aromatic carbocycles. The minimum atomic E-state index is -0.207. The summed E-state index contributed by atoms with van der Waals surface area (Å²) in [6.07, 6.45) is 0.226. The minimum absolute atomic E-state index is 0.00948. The summed E-state index contributed by atoms with van der Waals surface area (Å²) in [6.45, 7) is 5.97. The molecule has 2 aromatic rings. The molecule has 2 amide bonds. The third-order valence-corrected chi connectivity index (χ3v) is 4.24. The Labute approximate surface area is 155 Å². The highest BCUT2D eigenvalue weighted by Gasteiger charge is 2.15. The van der Waals surface area contributed by atoms with Gasteiger partial charge in [-0.05, 0) is 49.6 Å². The summed E-state index contributed by atoms with van der Waals surface area (Å²) < 4.78 is 5.17. The van der Waals surface area contributed by atoms with E-state index in [-0.39, 0.29) is 24.8 Å². The SMILES string of the molecule is COc1cccc(CC(=O)N(C)CC(=O)Nc2c(C)cc(C)cc2C)c1. The van der Waals surface area contributed by atoms with Gasteiger partial charge in [0.25, 0.3) is 0 Å². The van der Waals surface area contributed by atoms with Gasteiger partial charge >= 0.3 is 0 Å². The normalized spacial score (nSPS) is 10.3. The molecule has 138 valence electrons. The lowest BCUT2D eigenvalue weighted by molar-refractivity contribution is -0.132. The van der Waals surface area contributed by atoms with Crippen LogP contribution >= 0.6 is 0 Å². The minimum Gasteiger partial charge on any atom is -0.497 e. The predicted molar refractivity (Wildman–Crippen MR) is 104 cm³/mol. The Hall–Kier alpha value is -2.82. The number of hydrogen-bond donors (Lipinski definition) is 1. The maximum atomic E-state index is 12.4. The first kappa shape index (κ1) is 19.5. The van der Waals surface area contributed by atoms with Gasteiger partial charge in [0, 0.05) is 12.7 Å². The quantitative estimate of drug-likeness (QED) is 0.866. The van der Waals surface area contributed by atoms with Crippen molar-refractivity contribution in [1.29, 1.82) is 0 Å². The summed E-state index contributed by atoms with van der Waals surface area (Å²) in [4.78, 5) is 26.2. The van der Waals surface area contributed by atoms with Crippen LogP contribution in [0.5, 0.6) is 5.75 Å². The van der Waals surface area contributed by atoms with Crippen LogP contribution in [-0.2, 0) is 16.0 Å². The molecule has 0 radical (unpaired) electrons. The number of likely N-dealkylation sites (N-methyl/N-ethyl adjacent to an activating group) is 1. The van der Waals surface area contributed by atoms with Crippen molar-refractivity contribution in [3.05, 3.63) is 58.7 Å². The van der Waals surface area contributed by atoms with Gasteiger partial charge in [0.15, 0.2) is 0 Å². The van der Waals surface area contributed by atoms with Crippen molar-refractivity contribution in [2.45, 2.75) is 27.2 Å². The maximum Gasteiger partial charge on any atom is 0.243 e. The van der Waals surface area contributed by atoms with Gasteiger partial charge in [0.1, 0.15) is 5.75 Å². The zero-order valence-electron chi connectivity index (χ0n) is 16.1. The van der Waals surface area contributed by atoms with E-state index < -0.39 is 0 Å². The first-order valence-electron chi connectivity index (χ1n) is 8.54. The van der Waals surface area contributed by atoms with Gasteiger partial charge in [-0.3, -0.25) is 9.59 Å². The van der Waals surface area contributed by atoms with Crippen molar-refractivity contribution in [3.63, 3.8) is 0 Å². The number of carbonyl (C=O) groups is 2. The lowest BCUT2D eigenvalue weighted by Gasteiger charge is -2.18. The molecule has 0 heterocycles. The van der Waals surface area contributed by atoms with Crippen LogP contribution in [0.15, 0.2) is 36.4 Å². The van der Waals surface area contributed by atoms with Crippen LogP contribution in [0.25, 0.3) is 0 Å². The number of nitrogens with one attached hydrogen (secondary N) is 1. The van der Waals surface area contributed by atoms with E-state index >= 15 is 0 Å². The summed E-state index contributed by atoms with van der Waals surface area (Å²) >= 11 is 0. The van der Waals surface area contributed by atoms with Gasteiger partial charge in [-0.1, -0.05) is 29.8 Å². The van der Waals surface area contributed by atoms with E-state index in [1.165, 1.54) is 4.90 Å². The summed E-state index contributed by atoms with van der Waals surface area (Å²) in [6, 6.07) is 11.4. The van der Waals surface area contributed by atoms with Gasteiger partial charge in [-0.2, -0.15) is 0 Å². The highest BCUT2D eigenvalue weighted by molar-refractivity contribution is 5.96. The van der Waals surface area contributed by atoms with Crippen molar-refractivity contribution < 1.29 is 14.3 Å². The lowest BCUT2D eigenvalue weighted by atomic mass is 10.1. The molecular weight excluding hydrogens is 328 g/mol. The molecule has 2 rings (SSSR count). The molecule has 1 N–H and O–H groups in total. The van der Waals surface area contributed by atoms with Crippen molar-refractivity contribution in [3.8, 4) is 5.75 Å².